The molecule has 1 heterocycles. The van der Waals surface area contributed by atoms with E-state index in [0.717, 1.165) is 35.5 Å². The van der Waals surface area contributed by atoms with Crippen LogP contribution in [0.5, 0.6) is 23.0 Å². The number of carbonyl (C=O) groups excluding carboxylic acids is 1. The van der Waals surface area contributed by atoms with Crippen LogP contribution in [0, 0.1) is 0 Å². The fourth-order valence-electron chi connectivity index (χ4n) is 4.61. The first-order valence-corrected chi connectivity index (χ1v) is 16.0. The summed E-state index contributed by atoms with van der Waals surface area (Å²) in [7, 11) is 0. The number of epoxide rings is 1. The van der Waals surface area contributed by atoms with Crippen molar-refractivity contribution in [2.75, 3.05) is 39.6 Å². The van der Waals surface area contributed by atoms with E-state index in [1.165, 1.54) is 5.56 Å². The zero-order valence-electron chi connectivity index (χ0n) is 27.1. The second-order valence-electron chi connectivity index (χ2n) is 11.8. The number of benzene rings is 4. The molecule has 9 heteroatoms. The van der Waals surface area contributed by atoms with Gasteiger partial charge in [-0.3, -0.25) is 0 Å². The van der Waals surface area contributed by atoms with Crippen molar-refractivity contribution < 1.29 is 43.4 Å². The first-order chi connectivity index (χ1) is 23.3. The number of aliphatic hydroxyl groups is 2. The minimum Gasteiger partial charge on any atom is -0.491 e. The van der Waals surface area contributed by atoms with Crippen LogP contribution in [0.1, 0.15) is 29.2 Å². The van der Waals surface area contributed by atoms with E-state index in [1.54, 1.807) is 6.92 Å². The summed E-state index contributed by atoms with van der Waals surface area (Å²) in [6.45, 7) is 6.51. The Labute approximate surface area is 281 Å². The molecule has 0 bridgehead atoms. The van der Waals surface area contributed by atoms with Gasteiger partial charge in [0.25, 0.3) is 0 Å². The summed E-state index contributed by atoms with van der Waals surface area (Å²) < 4.78 is 33.0. The topological polar surface area (TPSA) is 116 Å². The van der Waals surface area contributed by atoms with Gasteiger partial charge < -0.3 is 38.6 Å². The smallest absolute Gasteiger partial charge is 0.333 e. The summed E-state index contributed by atoms with van der Waals surface area (Å²) in [6.07, 6.45) is 0.0343. The second kappa shape index (κ2) is 17.4. The zero-order chi connectivity index (χ0) is 33.7. The van der Waals surface area contributed by atoms with Crippen LogP contribution in [0.2, 0.25) is 0 Å². The molecule has 252 valence electrons. The summed E-state index contributed by atoms with van der Waals surface area (Å²) in [5, 5.41) is 20.4. The van der Waals surface area contributed by atoms with E-state index in [4.69, 9.17) is 28.4 Å². The fourth-order valence-corrected chi connectivity index (χ4v) is 4.61. The lowest BCUT2D eigenvalue weighted by atomic mass is 10.0. The molecule has 2 N–H and O–H groups in total. The average molecular weight is 655 g/mol. The SMILES string of the molecule is C=C(C)C(=O)OCC(O)COc1ccc(Cc2ccc(OCC(O)COc3ccc(Cc4ccc(OCC5CO5)cc4)cc3)cc2)cc1. The molecular formula is C39H42O9. The second-order valence-corrected chi connectivity index (χ2v) is 11.8. The van der Waals surface area contributed by atoms with Crippen LogP contribution >= 0.6 is 0 Å². The van der Waals surface area contributed by atoms with Crippen LogP contribution in [0.25, 0.3) is 0 Å². The molecule has 0 amide bonds. The van der Waals surface area contributed by atoms with Gasteiger partial charge >= 0.3 is 5.97 Å². The number of aliphatic hydroxyl groups excluding tert-OH is 2. The molecule has 0 aliphatic carbocycles. The largest absolute Gasteiger partial charge is 0.491 e. The van der Waals surface area contributed by atoms with Crippen LogP contribution in [-0.2, 0) is 27.1 Å². The third-order valence-electron chi connectivity index (χ3n) is 7.43. The number of hydrogen-bond acceptors (Lipinski definition) is 9. The standard InChI is InChI=1S/C39H42O9/c1-27(2)39(42)48-24-33(41)23-45-36-15-7-29(8-16-36)19-28-3-11-34(12-4-28)43-21-32(40)22-44-35-13-5-30(6-14-35)20-31-9-17-37(18-10-31)46-25-38-26-47-38/h3-18,32-33,38,40-41H,1,19-26H2,2H3. The van der Waals surface area contributed by atoms with Gasteiger partial charge in [0.05, 0.1) is 6.61 Å². The Morgan fingerprint density at radius 3 is 1.31 bits per heavy atom. The molecule has 48 heavy (non-hydrogen) atoms. The highest BCUT2D eigenvalue weighted by molar-refractivity contribution is 5.86. The lowest BCUT2D eigenvalue weighted by Gasteiger charge is -2.14. The van der Waals surface area contributed by atoms with Gasteiger partial charge in [0.2, 0.25) is 0 Å². The number of rotatable bonds is 19. The molecule has 1 aliphatic heterocycles. The van der Waals surface area contributed by atoms with E-state index in [2.05, 4.69) is 18.7 Å². The van der Waals surface area contributed by atoms with Gasteiger partial charge in [-0.05, 0) is 90.6 Å². The van der Waals surface area contributed by atoms with E-state index in [-0.39, 0.29) is 38.1 Å². The van der Waals surface area contributed by atoms with Crippen molar-refractivity contribution in [3.05, 3.63) is 131 Å². The maximum atomic E-state index is 11.4. The van der Waals surface area contributed by atoms with Gasteiger partial charge in [-0.15, -0.1) is 0 Å². The molecule has 4 aromatic carbocycles. The van der Waals surface area contributed by atoms with Crippen LogP contribution in [0.4, 0.5) is 0 Å². The number of hydrogen-bond donors (Lipinski definition) is 2. The molecule has 5 rings (SSSR count). The Balaban J connectivity index is 0.968. The molecule has 9 nitrogen and oxygen atoms in total. The molecule has 3 unspecified atom stereocenters. The van der Waals surface area contributed by atoms with E-state index in [0.29, 0.717) is 30.3 Å². The Morgan fingerprint density at radius 1 is 0.646 bits per heavy atom. The highest BCUT2D eigenvalue weighted by atomic mass is 16.6. The van der Waals surface area contributed by atoms with Crippen molar-refractivity contribution in [1.82, 2.24) is 0 Å². The van der Waals surface area contributed by atoms with E-state index >= 15 is 0 Å². The normalized spacial score (nSPS) is 14.8. The third kappa shape index (κ3) is 11.8. The Kier molecular flexibility index (Phi) is 12.5. The van der Waals surface area contributed by atoms with Gasteiger partial charge in [0.15, 0.2) is 0 Å². The van der Waals surface area contributed by atoms with Crippen LogP contribution in [0.3, 0.4) is 0 Å². The van der Waals surface area contributed by atoms with Crippen LogP contribution in [0.15, 0.2) is 109 Å². The van der Waals surface area contributed by atoms with Gasteiger partial charge in [-0.25, -0.2) is 4.79 Å². The highest BCUT2D eigenvalue weighted by Crippen LogP contribution is 2.21. The van der Waals surface area contributed by atoms with Crippen molar-refractivity contribution >= 4 is 5.97 Å². The lowest BCUT2D eigenvalue weighted by molar-refractivity contribution is -0.142. The van der Waals surface area contributed by atoms with Crippen molar-refractivity contribution in [3.63, 3.8) is 0 Å². The first kappa shape index (κ1) is 34.5. The predicted molar refractivity (Wildman–Crippen MR) is 181 cm³/mol. The zero-order valence-corrected chi connectivity index (χ0v) is 27.1. The summed E-state index contributed by atoms with van der Waals surface area (Å²) in [6, 6.07) is 31.3. The minimum absolute atomic E-state index is 0.00274. The van der Waals surface area contributed by atoms with E-state index in [9.17, 15) is 15.0 Å². The quantitative estimate of drug-likeness (QED) is 0.0787. The van der Waals surface area contributed by atoms with Crippen molar-refractivity contribution in [2.24, 2.45) is 0 Å². The average Bonchev–Trinajstić information content (AvgIpc) is 3.94. The van der Waals surface area contributed by atoms with E-state index in [1.807, 2.05) is 84.9 Å². The molecule has 1 saturated heterocycles. The van der Waals surface area contributed by atoms with Gasteiger partial charge in [0, 0.05) is 5.57 Å². The molecule has 0 aromatic heterocycles. The minimum atomic E-state index is -0.936. The molecule has 0 spiro atoms. The summed E-state index contributed by atoms with van der Waals surface area (Å²) in [4.78, 5) is 11.4. The Bertz CT molecular complexity index is 1580. The monoisotopic (exact) mass is 654 g/mol. The van der Waals surface area contributed by atoms with Gasteiger partial charge in [-0.1, -0.05) is 55.1 Å². The van der Waals surface area contributed by atoms with Crippen molar-refractivity contribution in [2.45, 2.75) is 38.1 Å². The van der Waals surface area contributed by atoms with E-state index < -0.39 is 18.2 Å². The number of esters is 1. The maximum absolute atomic E-state index is 11.4. The molecule has 0 radical (unpaired) electrons. The Morgan fingerprint density at radius 2 is 0.979 bits per heavy atom. The summed E-state index contributed by atoms with van der Waals surface area (Å²) in [5.74, 6) is 2.26. The number of ether oxygens (including phenoxy) is 6. The molecule has 0 saturated carbocycles. The third-order valence-corrected chi connectivity index (χ3v) is 7.43. The van der Waals surface area contributed by atoms with Crippen molar-refractivity contribution in [3.8, 4) is 23.0 Å². The first-order valence-electron chi connectivity index (χ1n) is 16.0. The van der Waals surface area contributed by atoms with Gasteiger partial charge in [0.1, 0.15) is 74.3 Å². The Hall–Kier alpha value is -4.83. The predicted octanol–water partition coefficient (Wildman–Crippen LogP) is 5.32. The molecule has 4 aromatic rings. The number of carbonyl (C=O) groups is 1. The molecule has 1 aliphatic rings. The molecule has 1 fully saturated rings. The maximum Gasteiger partial charge on any atom is 0.333 e. The van der Waals surface area contributed by atoms with Crippen LogP contribution in [-0.4, -0.2) is 74.1 Å². The fraction of sp³-hybridized carbons (Fsp3) is 0.308. The summed E-state index contributed by atoms with van der Waals surface area (Å²) in [5.41, 5.74) is 4.82. The summed E-state index contributed by atoms with van der Waals surface area (Å²) >= 11 is 0. The highest BCUT2D eigenvalue weighted by Gasteiger charge is 2.23. The van der Waals surface area contributed by atoms with Gasteiger partial charge in [-0.2, -0.15) is 0 Å². The molecular weight excluding hydrogens is 612 g/mol. The van der Waals surface area contributed by atoms with Crippen LogP contribution < -0.4 is 18.9 Å². The van der Waals surface area contributed by atoms with Crippen molar-refractivity contribution in [1.29, 1.82) is 0 Å². The lowest BCUT2D eigenvalue weighted by Crippen LogP contribution is -2.25. The molecule has 3 atom stereocenters.